The van der Waals surface area contributed by atoms with Crippen LogP contribution in [0.4, 0.5) is 11.8 Å². The number of hydrogen-bond donors (Lipinski definition) is 2. The Morgan fingerprint density at radius 3 is 2.69 bits per heavy atom. The molecular formula is C26H23ClN6O2. The molecule has 1 aliphatic rings. The molecule has 35 heavy (non-hydrogen) atoms. The van der Waals surface area contributed by atoms with Crippen LogP contribution in [-0.4, -0.2) is 44.2 Å². The van der Waals surface area contributed by atoms with Crippen molar-refractivity contribution in [3.63, 3.8) is 0 Å². The van der Waals surface area contributed by atoms with Gasteiger partial charge >= 0.3 is 0 Å². The van der Waals surface area contributed by atoms with E-state index in [1.807, 2.05) is 27.5 Å². The first-order chi connectivity index (χ1) is 17.0. The normalized spacial score (nSPS) is 15.3. The van der Waals surface area contributed by atoms with Crippen molar-refractivity contribution in [2.45, 2.75) is 12.3 Å². The molecule has 176 valence electrons. The molecule has 0 radical (unpaired) electrons. The molecule has 0 spiro atoms. The largest absolute Gasteiger partial charge is 0.369 e. The third kappa shape index (κ3) is 4.24. The number of amides is 2. The molecule has 1 fully saturated rings. The highest BCUT2D eigenvalue weighted by Crippen LogP contribution is 2.36. The number of anilines is 2. The number of nitrogen functional groups attached to an aromatic ring is 1. The van der Waals surface area contributed by atoms with E-state index in [1.54, 1.807) is 36.7 Å². The number of benzene rings is 1. The lowest BCUT2D eigenvalue weighted by Gasteiger charge is -2.14. The number of likely N-dealkylation sites (tertiary alicyclic amines) is 1. The van der Waals surface area contributed by atoms with Crippen LogP contribution in [-0.2, 0) is 4.79 Å². The summed E-state index contributed by atoms with van der Waals surface area (Å²) in [4.78, 5) is 34.9. The van der Waals surface area contributed by atoms with Crippen molar-refractivity contribution in [2.75, 3.05) is 24.1 Å². The van der Waals surface area contributed by atoms with Gasteiger partial charge in [-0.05, 0) is 60.0 Å². The second-order valence-electron chi connectivity index (χ2n) is 8.35. The van der Waals surface area contributed by atoms with Crippen LogP contribution < -0.4 is 11.1 Å². The van der Waals surface area contributed by atoms with Crippen LogP contribution in [0.25, 0.3) is 16.8 Å². The number of pyridine rings is 1. The van der Waals surface area contributed by atoms with Crippen LogP contribution >= 0.6 is 11.6 Å². The average Bonchev–Trinajstić information content (AvgIpc) is 3.51. The van der Waals surface area contributed by atoms with Crippen LogP contribution in [0, 0.1) is 0 Å². The zero-order chi connectivity index (χ0) is 24.5. The van der Waals surface area contributed by atoms with Crippen LogP contribution in [0.1, 0.15) is 28.3 Å². The fourth-order valence-electron chi connectivity index (χ4n) is 4.54. The number of aromatic nitrogens is 3. The molecule has 3 N–H and O–H groups in total. The van der Waals surface area contributed by atoms with E-state index < -0.39 is 0 Å². The van der Waals surface area contributed by atoms with E-state index in [1.165, 1.54) is 6.08 Å². The molecule has 5 rings (SSSR count). The molecule has 1 unspecified atom stereocenters. The molecule has 3 aromatic heterocycles. The topological polar surface area (TPSA) is 106 Å². The molecule has 1 aromatic carbocycles. The molecule has 0 aliphatic carbocycles. The lowest BCUT2D eigenvalue weighted by molar-refractivity contribution is -0.125. The maximum Gasteiger partial charge on any atom is 0.256 e. The van der Waals surface area contributed by atoms with Gasteiger partial charge in [-0.2, -0.15) is 0 Å². The molecule has 1 aliphatic heterocycles. The van der Waals surface area contributed by atoms with Gasteiger partial charge in [0.2, 0.25) is 11.9 Å². The first-order valence-electron chi connectivity index (χ1n) is 11.2. The van der Waals surface area contributed by atoms with Gasteiger partial charge in [0.25, 0.3) is 5.91 Å². The van der Waals surface area contributed by atoms with E-state index in [9.17, 15) is 9.59 Å². The Balaban J connectivity index is 1.46. The fourth-order valence-corrected chi connectivity index (χ4v) is 4.71. The van der Waals surface area contributed by atoms with E-state index in [4.69, 9.17) is 17.3 Å². The number of rotatable bonds is 5. The Morgan fingerprint density at radius 1 is 1.14 bits per heavy atom. The molecule has 4 heterocycles. The van der Waals surface area contributed by atoms with Crippen molar-refractivity contribution < 1.29 is 9.59 Å². The zero-order valence-corrected chi connectivity index (χ0v) is 19.6. The van der Waals surface area contributed by atoms with E-state index in [-0.39, 0.29) is 17.7 Å². The lowest BCUT2D eigenvalue weighted by Crippen LogP contribution is -2.26. The maximum absolute atomic E-state index is 12.7. The SMILES string of the molecule is C=CC(=O)N1CCC(c2cc(-c3ccc(C(=O)Nc4ncccc4Cl)cc3)n3c(N)nccc23)C1. The Kier molecular flexibility index (Phi) is 5.96. The summed E-state index contributed by atoms with van der Waals surface area (Å²) >= 11 is 6.10. The number of carbonyl (C=O) groups excluding carboxylic acids is 2. The minimum atomic E-state index is -0.308. The fraction of sp³-hybridized carbons (Fsp3) is 0.154. The predicted octanol–water partition coefficient (Wildman–Crippen LogP) is 4.39. The van der Waals surface area contributed by atoms with Gasteiger partial charge in [0.15, 0.2) is 5.82 Å². The van der Waals surface area contributed by atoms with Crippen molar-refractivity contribution in [3.8, 4) is 11.3 Å². The molecule has 1 saturated heterocycles. The van der Waals surface area contributed by atoms with Crippen LogP contribution in [0.15, 0.2) is 73.6 Å². The van der Waals surface area contributed by atoms with Gasteiger partial charge in [0.1, 0.15) is 0 Å². The second kappa shape index (κ2) is 9.23. The van der Waals surface area contributed by atoms with Crippen LogP contribution in [0.3, 0.4) is 0 Å². The highest BCUT2D eigenvalue weighted by atomic mass is 35.5. The minimum absolute atomic E-state index is 0.0572. The van der Waals surface area contributed by atoms with Crippen LogP contribution in [0.2, 0.25) is 5.02 Å². The summed E-state index contributed by atoms with van der Waals surface area (Å²) in [5, 5.41) is 3.10. The summed E-state index contributed by atoms with van der Waals surface area (Å²) in [5.41, 5.74) is 10.6. The number of carbonyl (C=O) groups is 2. The summed E-state index contributed by atoms with van der Waals surface area (Å²) in [6, 6.07) is 14.6. The summed E-state index contributed by atoms with van der Waals surface area (Å²) < 4.78 is 1.91. The van der Waals surface area contributed by atoms with Gasteiger partial charge in [0.05, 0.1) is 16.2 Å². The third-order valence-electron chi connectivity index (χ3n) is 6.29. The number of nitrogens with zero attached hydrogens (tertiary/aromatic N) is 4. The molecule has 1 atom stereocenters. The molecule has 2 amide bonds. The van der Waals surface area contributed by atoms with Gasteiger partial charge in [-0.25, -0.2) is 9.97 Å². The Morgan fingerprint density at radius 2 is 1.94 bits per heavy atom. The molecular weight excluding hydrogens is 464 g/mol. The highest BCUT2D eigenvalue weighted by Gasteiger charge is 2.29. The number of nitrogens with one attached hydrogen (secondary N) is 1. The van der Waals surface area contributed by atoms with Crippen molar-refractivity contribution in [3.05, 3.63) is 89.7 Å². The summed E-state index contributed by atoms with van der Waals surface area (Å²) in [6.07, 6.45) is 5.47. The van der Waals surface area contributed by atoms with Gasteiger partial charge in [-0.3, -0.25) is 14.0 Å². The molecule has 0 bridgehead atoms. The van der Waals surface area contributed by atoms with Gasteiger partial charge in [-0.1, -0.05) is 30.3 Å². The van der Waals surface area contributed by atoms with Crippen molar-refractivity contribution in [2.24, 2.45) is 0 Å². The maximum atomic E-state index is 12.7. The first-order valence-corrected chi connectivity index (χ1v) is 11.5. The minimum Gasteiger partial charge on any atom is -0.369 e. The van der Waals surface area contributed by atoms with E-state index in [2.05, 4.69) is 27.9 Å². The molecule has 9 heteroatoms. The quantitative estimate of drug-likeness (QED) is 0.407. The van der Waals surface area contributed by atoms with Gasteiger partial charge in [0, 0.05) is 37.0 Å². The van der Waals surface area contributed by atoms with Gasteiger partial charge < -0.3 is 16.0 Å². The summed E-state index contributed by atoms with van der Waals surface area (Å²) in [5.74, 6) is 0.491. The Hall–Kier alpha value is -4.17. The smallest absolute Gasteiger partial charge is 0.256 e. The van der Waals surface area contributed by atoms with Crippen molar-refractivity contribution in [1.82, 2.24) is 19.3 Å². The number of hydrogen-bond acceptors (Lipinski definition) is 5. The van der Waals surface area contributed by atoms with E-state index >= 15 is 0 Å². The average molecular weight is 487 g/mol. The zero-order valence-electron chi connectivity index (χ0n) is 18.8. The number of nitrogens with two attached hydrogens (primary N) is 1. The number of fused-ring (bicyclic) bond motifs is 1. The summed E-state index contributed by atoms with van der Waals surface area (Å²) in [7, 11) is 0. The highest BCUT2D eigenvalue weighted by molar-refractivity contribution is 6.33. The lowest BCUT2D eigenvalue weighted by atomic mass is 9.98. The monoisotopic (exact) mass is 486 g/mol. The second-order valence-corrected chi connectivity index (χ2v) is 8.76. The first kappa shape index (κ1) is 22.6. The van der Waals surface area contributed by atoms with Crippen LogP contribution in [0.5, 0.6) is 0 Å². The third-order valence-corrected chi connectivity index (χ3v) is 6.59. The molecule has 4 aromatic rings. The van der Waals surface area contributed by atoms with Crippen molar-refractivity contribution >= 4 is 40.7 Å². The summed E-state index contributed by atoms with van der Waals surface area (Å²) in [6.45, 7) is 4.91. The van der Waals surface area contributed by atoms with Gasteiger partial charge in [-0.15, -0.1) is 0 Å². The van der Waals surface area contributed by atoms with Crippen molar-refractivity contribution in [1.29, 1.82) is 0 Å². The number of halogens is 1. The molecule has 8 nitrogen and oxygen atoms in total. The standard InChI is InChI=1S/C26H23ClN6O2/c1-2-23(34)32-13-10-18(15-32)19-14-22(33-21(19)9-12-30-26(33)28)16-5-7-17(8-6-16)25(35)31-24-20(27)4-3-11-29-24/h2-9,11-12,14,18H,1,10,13,15H2,(H2,28,30)(H,29,31,35). The Bertz CT molecular complexity index is 1450. The van der Waals surface area contributed by atoms with E-state index in [0.717, 1.165) is 28.8 Å². The molecule has 0 saturated carbocycles. The predicted molar refractivity (Wildman–Crippen MR) is 136 cm³/mol. The van der Waals surface area contributed by atoms with E-state index in [0.29, 0.717) is 35.4 Å². The Labute approximate surface area is 207 Å².